The van der Waals surface area contributed by atoms with Gasteiger partial charge in [0.05, 0.1) is 0 Å². The fourth-order valence-corrected chi connectivity index (χ4v) is 0.379. The molecule has 0 saturated heterocycles. The van der Waals surface area contributed by atoms with E-state index in [2.05, 4.69) is 37.1 Å². The Morgan fingerprint density at radius 3 is 1.35 bits per heavy atom. The highest BCUT2D eigenvalue weighted by atomic mass is 15.2. The maximum atomic E-state index is 6.00. The minimum atomic E-state index is 0. The van der Waals surface area contributed by atoms with Crippen molar-refractivity contribution in [3.8, 4) is 0 Å². The molecule has 0 aliphatic rings. The smallest absolute Gasteiger partial charge is 0.156 e. The lowest BCUT2D eigenvalue weighted by atomic mass is 10.5. The number of aromatic nitrogens is 1. The van der Waals surface area contributed by atoms with Crippen LogP contribution in [0.3, 0.4) is 0 Å². The standard InChI is InChI=1S/C5H5N.2CH4N4.H3N/c1-2-4-6-5-3-1;2*2-4-1-5-3;/h1-5H;2*1-2H,3H2;1H3. The van der Waals surface area contributed by atoms with Crippen LogP contribution in [0.2, 0.25) is 0 Å². The lowest BCUT2D eigenvalue weighted by molar-refractivity contribution is 1.17. The number of nitrogens with one attached hydrogen (secondary N) is 2. The van der Waals surface area contributed by atoms with E-state index >= 15 is 0 Å². The molecule has 1 aromatic rings. The van der Waals surface area contributed by atoms with Crippen molar-refractivity contribution < 1.29 is 0 Å². The first-order chi connectivity index (χ1) is 7.83. The topological polar surface area (TPSA) is 197 Å². The largest absolute Gasteiger partial charge is 0.344 e. The second kappa shape index (κ2) is 23.2. The minimum Gasteiger partial charge on any atom is -0.344 e. The average Bonchev–Trinajstić information content (AvgIpc) is 2.35. The summed E-state index contributed by atoms with van der Waals surface area (Å²) in [7, 11) is 0. The third-order valence-electron chi connectivity index (χ3n) is 0.815. The first-order valence-electron chi connectivity index (χ1n) is 3.85. The summed E-state index contributed by atoms with van der Waals surface area (Å²) in [6.45, 7) is 0. The van der Waals surface area contributed by atoms with E-state index in [1.807, 2.05) is 18.2 Å². The monoisotopic (exact) mass is 240 g/mol. The van der Waals surface area contributed by atoms with Crippen LogP contribution in [0.4, 0.5) is 0 Å². The lowest BCUT2D eigenvalue weighted by Crippen LogP contribution is -1.75. The Bertz CT molecular complexity index is 252. The Morgan fingerprint density at radius 1 is 0.882 bits per heavy atom. The van der Waals surface area contributed by atoms with E-state index in [1.165, 1.54) is 0 Å². The van der Waals surface area contributed by atoms with Crippen molar-refractivity contribution in [3.05, 3.63) is 30.6 Å². The van der Waals surface area contributed by atoms with Crippen LogP contribution in [0.5, 0.6) is 0 Å². The van der Waals surface area contributed by atoms with Gasteiger partial charge in [0.1, 0.15) is 0 Å². The van der Waals surface area contributed by atoms with Crippen molar-refractivity contribution in [1.29, 1.82) is 11.1 Å². The van der Waals surface area contributed by atoms with Crippen molar-refractivity contribution in [2.45, 2.75) is 0 Å². The quantitative estimate of drug-likeness (QED) is 0.169. The van der Waals surface area contributed by atoms with Crippen molar-refractivity contribution in [3.63, 3.8) is 0 Å². The molecule has 9 N–H and O–H groups in total. The van der Waals surface area contributed by atoms with Crippen molar-refractivity contribution >= 4 is 12.7 Å². The number of nitrogens with two attached hydrogens (primary N) is 2. The summed E-state index contributed by atoms with van der Waals surface area (Å²) in [5.74, 6) is 8.99. The molecular weight excluding hydrogens is 224 g/mol. The maximum Gasteiger partial charge on any atom is 0.156 e. The first-order valence-corrected chi connectivity index (χ1v) is 3.85. The molecule has 0 aliphatic carbocycles. The predicted octanol–water partition coefficient (Wildman–Crippen LogP) is 1.08. The molecule has 94 valence electrons. The van der Waals surface area contributed by atoms with Crippen molar-refractivity contribution in [2.75, 3.05) is 0 Å². The van der Waals surface area contributed by atoms with Gasteiger partial charge in [0.15, 0.2) is 12.7 Å². The van der Waals surface area contributed by atoms with E-state index in [9.17, 15) is 0 Å². The Morgan fingerprint density at radius 2 is 1.29 bits per heavy atom. The van der Waals surface area contributed by atoms with E-state index in [4.69, 9.17) is 11.1 Å². The van der Waals surface area contributed by atoms with Gasteiger partial charge in [0.25, 0.3) is 0 Å². The Balaban J connectivity index is -0.000000170. The molecule has 0 saturated carbocycles. The van der Waals surface area contributed by atoms with Crippen molar-refractivity contribution in [1.82, 2.24) is 11.1 Å². The second-order valence-corrected chi connectivity index (χ2v) is 1.81. The van der Waals surface area contributed by atoms with Crippen LogP contribution in [-0.4, -0.2) is 17.7 Å². The van der Waals surface area contributed by atoms with Gasteiger partial charge in [-0.3, -0.25) is 4.98 Å². The van der Waals surface area contributed by atoms with Gasteiger partial charge < -0.3 is 17.8 Å². The van der Waals surface area contributed by atoms with E-state index < -0.39 is 0 Å². The van der Waals surface area contributed by atoms with Crippen LogP contribution in [0, 0.1) is 11.1 Å². The summed E-state index contributed by atoms with van der Waals surface area (Å²) in [4.78, 5) is 3.78. The zero-order chi connectivity index (χ0) is 12.5. The van der Waals surface area contributed by atoms with Gasteiger partial charge in [-0.05, 0) is 12.1 Å². The number of hydrogen-bond acceptors (Lipinski definition) is 8. The SMILES string of the molecule is N.N=NC=NN.N=NC=NN.c1ccncc1. The molecule has 0 amide bonds. The number of hydrogen-bond donors (Lipinski definition) is 5. The third kappa shape index (κ3) is 31.9. The van der Waals surface area contributed by atoms with Gasteiger partial charge in [-0.2, -0.15) is 10.2 Å². The highest BCUT2D eigenvalue weighted by Crippen LogP contribution is 1.73. The summed E-state index contributed by atoms with van der Waals surface area (Å²) in [6, 6.07) is 5.72. The van der Waals surface area contributed by atoms with Crippen LogP contribution >= 0.6 is 0 Å². The molecule has 1 rings (SSSR count). The zero-order valence-electron chi connectivity index (χ0n) is 9.14. The van der Waals surface area contributed by atoms with E-state index in [0.29, 0.717) is 0 Å². The molecule has 0 bridgehead atoms. The number of nitrogens with zero attached hydrogens (tertiary/aromatic N) is 5. The Hall–Kier alpha value is -2.75. The van der Waals surface area contributed by atoms with Gasteiger partial charge in [-0.15, -0.1) is 10.2 Å². The second-order valence-electron chi connectivity index (χ2n) is 1.81. The van der Waals surface area contributed by atoms with Gasteiger partial charge in [-0.1, -0.05) is 6.07 Å². The number of rotatable bonds is 2. The molecule has 10 heteroatoms. The summed E-state index contributed by atoms with van der Waals surface area (Å²) < 4.78 is 0. The Labute approximate surface area is 98.4 Å². The zero-order valence-corrected chi connectivity index (χ0v) is 9.14. The minimum absolute atomic E-state index is 0. The summed E-state index contributed by atoms with van der Waals surface area (Å²) in [5, 5.41) is 11.1. The van der Waals surface area contributed by atoms with E-state index in [-0.39, 0.29) is 6.15 Å². The van der Waals surface area contributed by atoms with Crippen molar-refractivity contribution in [2.24, 2.45) is 32.1 Å². The van der Waals surface area contributed by atoms with Gasteiger partial charge in [-0.25, -0.2) is 11.1 Å². The Kier molecular flexibility index (Phi) is 27.0. The molecule has 0 atom stereocenters. The molecule has 0 aromatic carbocycles. The molecule has 1 aromatic heterocycles. The first kappa shape index (κ1) is 19.8. The molecule has 0 aliphatic heterocycles. The van der Waals surface area contributed by atoms with Crippen LogP contribution in [0.25, 0.3) is 0 Å². The maximum absolute atomic E-state index is 6.00. The molecule has 0 radical (unpaired) electrons. The molecule has 0 spiro atoms. The van der Waals surface area contributed by atoms with Gasteiger partial charge >= 0.3 is 0 Å². The van der Waals surface area contributed by atoms with Crippen LogP contribution in [0.1, 0.15) is 0 Å². The number of pyridine rings is 1. The molecule has 17 heavy (non-hydrogen) atoms. The predicted molar refractivity (Wildman–Crippen MR) is 64.9 cm³/mol. The molecule has 0 unspecified atom stereocenters. The van der Waals surface area contributed by atoms with Gasteiger partial charge in [0.2, 0.25) is 0 Å². The highest BCUT2D eigenvalue weighted by Gasteiger charge is 1.58. The summed E-state index contributed by atoms with van der Waals surface area (Å²) >= 11 is 0. The van der Waals surface area contributed by atoms with Gasteiger partial charge in [0, 0.05) is 12.4 Å². The van der Waals surface area contributed by atoms with Crippen LogP contribution < -0.4 is 17.8 Å². The fraction of sp³-hybridized carbons (Fsp3) is 0. The lowest BCUT2D eigenvalue weighted by Gasteiger charge is -1.70. The van der Waals surface area contributed by atoms with Crippen LogP contribution in [0.15, 0.2) is 51.0 Å². The number of hydrazone groups is 2. The molecule has 0 fully saturated rings. The normalized spacial score (nSPS) is 8.00. The molecular formula is C7H16N10. The summed E-state index contributed by atoms with van der Waals surface area (Å²) in [6.07, 6.45) is 5.39. The third-order valence-corrected chi connectivity index (χ3v) is 0.815. The van der Waals surface area contributed by atoms with E-state index in [1.54, 1.807) is 12.4 Å². The molecule has 1 heterocycles. The highest BCUT2D eigenvalue weighted by molar-refractivity contribution is 5.53. The molecule has 10 nitrogen and oxygen atoms in total. The average molecular weight is 240 g/mol. The van der Waals surface area contributed by atoms with E-state index in [0.717, 1.165) is 12.7 Å². The summed E-state index contributed by atoms with van der Waals surface area (Å²) in [5.41, 5.74) is 12.0. The van der Waals surface area contributed by atoms with Crippen LogP contribution in [-0.2, 0) is 0 Å². The fourth-order valence-electron chi connectivity index (χ4n) is 0.379.